The number of para-hydroxylation sites is 1. The van der Waals surface area contributed by atoms with Crippen LogP contribution < -0.4 is 10.1 Å². The Morgan fingerprint density at radius 1 is 1.10 bits per heavy atom. The molecule has 2 unspecified atom stereocenters. The quantitative estimate of drug-likeness (QED) is 0.702. The van der Waals surface area contributed by atoms with Crippen LogP contribution in [0, 0.1) is 11.7 Å². The second-order valence-corrected chi connectivity index (χ2v) is 7.67. The fraction of sp³-hybridized carbons (Fsp3) is 0.417. The van der Waals surface area contributed by atoms with Crippen molar-refractivity contribution >= 4 is 11.8 Å². The van der Waals surface area contributed by atoms with E-state index >= 15 is 0 Å². The van der Waals surface area contributed by atoms with E-state index in [1.54, 1.807) is 24.1 Å². The number of carbonyl (C=O) groups is 2. The van der Waals surface area contributed by atoms with Crippen LogP contribution in [-0.2, 0) is 20.7 Å². The SMILES string of the molecule is COCC(=O)N1CC(C(=O)NCCc2ccccc2OC)CCC1c1ccc(F)cc1. The third-order valence-electron chi connectivity index (χ3n) is 5.68. The molecular weight excluding hydrogens is 399 g/mol. The van der Waals surface area contributed by atoms with E-state index in [9.17, 15) is 14.0 Å². The minimum atomic E-state index is -0.318. The molecule has 1 N–H and O–H groups in total. The van der Waals surface area contributed by atoms with Crippen LogP contribution in [0.25, 0.3) is 0 Å². The maximum absolute atomic E-state index is 13.3. The second kappa shape index (κ2) is 10.9. The molecule has 2 amide bonds. The summed E-state index contributed by atoms with van der Waals surface area (Å²) >= 11 is 0. The lowest BCUT2D eigenvalue weighted by Gasteiger charge is -2.39. The minimum Gasteiger partial charge on any atom is -0.496 e. The number of amides is 2. The number of ether oxygens (including phenoxy) is 2. The standard InChI is InChI=1S/C24H29FN2O4/c1-30-16-23(28)27-15-19(9-12-21(27)17-7-10-20(25)11-8-17)24(29)26-14-13-18-5-3-4-6-22(18)31-2/h3-8,10-11,19,21H,9,12-16H2,1-2H3,(H,26,29). The fourth-order valence-electron chi connectivity index (χ4n) is 4.07. The van der Waals surface area contributed by atoms with Crippen molar-refractivity contribution in [3.63, 3.8) is 0 Å². The number of nitrogens with zero attached hydrogens (tertiary/aromatic N) is 1. The molecule has 1 heterocycles. The molecule has 0 bridgehead atoms. The first-order chi connectivity index (χ1) is 15.0. The summed E-state index contributed by atoms with van der Waals surface area (Å²) in [6.07, 6.45) is 1.94. The molecule has 1 aliphatic rings. The molecule has 7 heteroatoms. The van der Waals surface area contributed by atoms with Gasteiger partial charge in [-0.05, 0) is 48.6 Å². The minimum absolute atomic E-state index is 0.0557. The molecule has 1 fully saturated rings. The van der Waals surface area contributed by atoms with Gasteiger partial charge in [-0.3, -0.25) is 9.59 Å². The summed E-state index contributed by atoms with van der Waals surface area (Å²) < 4.78 is 23.7. The van der Waals surface area contributed by atoms with Gasteiger partial charge in [0.1, 0.15) is 18.2 Å². The number of hydrogen-bond acceptors (Lipinski definition) is 4. The van der Waals surface area contributed by atoms with Gasteiger partial charge in [0.05, 0.1) is 19.1 Å². The van der Waals surface area contributed by atoms with Gasteiger partial charge in [0.25, 0.3) is 0 Å². The number of piperidine rings is 1. The Hall–Kier alpha value is -2.93. The number of likely N-dealkylation sites (tertiary alicyclic amines) is 1. The molecule has 0 radical (unpaired) electrons. The van der Waals surface area contributed by atoms with Crippen LogP contribution in [0.2, 0.25) is 0 Å². The van der Waals surface area contributed by atoms with Crippen molar-refractivity contribution < 1.29 is 23.5 Å². The molecule has 2 aromatic rings. The summed E-state index contributed by atoms with van der Waals surface area (Å²) in [5, 5.41) is 2.99. The molecule has 0 saturated carbocycles. The number of rotatable bonds is 8. The van der Waals surface area contributed by atoms with E-state index in [1.165, 1.54) is 19.2 Å². The van der Waals surface area contributed by atoms with Gasteiger partial charge in [0, 0.05) is 20.2 Å². The second-order valence-electron chi connectivity index (χ2n) is 7.67. The summed E-state index contributed by atoms with van der Waals surface area (Å²) in [6, 6.07) is 13.7. The smallest absolute Gasteiger partial charge is 0.249 e. The number of halogens is 1. The van der Waals surface area contributed by atoms with Gasteiger partial charge in [-0.25, -0.2) is 4.39 Å². The van der Waals surface area contributed by atoms with Crippen LogP contribution in [0.3, 0.4) is 0 Å². The van der Waals surface area contributed by atoms with E-state index < -0.39 is 0 Å². The molecule has 166 valence electrons. The van der Waals surface area contributed by atoms with Crippen molar-refractivity contribution in [2.75, 3.05) is 33.9 Å². The van der Waals surface area contributed by atoms with Gasteiger partial charge in [-0.2, -0.15) is 0 Å². The van der Waals surface area contributed by atoms with Crippen LogP contribution in [0.1, 0.15) is 30.0 Å². The highest BCUT2D eigenvalue weighted by Crippen LogP contribution is 2.33. The molecule has 1 saturated heterocycles. The lowest BCUT2D eigenvalue weighted by molar-refractivity contribution is -0.142. The van der Waals surface area contributed by atoms with Gasteiger partial charge < -0.3 is 19.7 Å². The number of methoxy groups -OCH3 is 2. The summed E-state index contributed by atoms with van der Waals surface area (Å²) in [6.45, 7) is 0.744. The fourth-order valence-corrected chi connectivity index (χ4v) is 4.07. The van der Waals surface area contributed by atoms with Crippen LogP contribution in [0.15, 0.2) is 48.5 Å². The van der Waals surface area contributed by atoms with Crippen molar-refractivity contribution in [1.82, 2.24) is 10.2 Å². The molecule has 6 nitrogen and oxygen atoms in total. The average Bonchev–Trinajstić information content (AvgIpc) is 2.79. The van der Waals surface area contributed by atoms with E-state index in [0.29, 0.717) is 32.4 Å². The summed E-state index contributed by atoms with van der Waals surface area (Å²) in [7, 11) is 3.10. The highest BCUT2D eigenvalue weighted by molar-refractivity contribution is 5.82. The zero-order valence-electron chi connectivity index (χ0n) is 18.0. The Morgan fingerprint density at radius 3 is 2.55 bits per heavy atom. The largest absolute Gasteiger partial charge is 0.496 e. The van der Waals surface area contributed by atoms with Crippen molar-refractivity contribution in [3.8, 4) is 5.75 Å². The highest BCUT2D eigenvalue weighted by atomic mass is 19.1. The van der Waals surface area contributed by atoms with Crippen molar-refractivity contribution in [1.29, 1.82) is 0 Å². The highest BCUT2D eigenvalue weighted by Gasteiger charge is 2.35. The Morgan fingerprint density at radius 2 is 1.84 bits per heavy atom. The third kappa shape index (κ3) is 5.82. The lowest BCUT2D eigenvalue weighted by Crippen LogP contribution is -2.48. The zero-order chi connectivity index (χ0) is 22.2. The number of benzene rings is 2. The predicted molar refractivity (Wildman–Crippen MR) is 115 cm³/mol. The van der Waals surface area contributed by atoms with Crippen molar-refractivity contribution in [3.05, 3.63) is 65.5 Å². The van der Waals surface area contributed by atoms with Gasteiger partial charge >= 0.3 is 0 Å². The molecule has 1 aliphatic heterocycles. The van der Waals surface area contributed by atoms with Crippen LogP contribution in [0.5, 0.6) is 5.75 Å². The van der Waals surface area contributed by atoms with E-state index in [1.807, 2.05) is 24.3 Å². The Kier molecular flexibility index (Phi) is 8.00. The van der Waals surface area contributed by atoms with Crippen LogP contribution in [-0.4, -0.2) is 50.6 Å². The third-order valence-corrected chi connectivity index (χ3v) is 5.68. The Labute approximate surface area is 182 Å². The number of hydrogen-bond donors (Lipinski definition) is 1. The van der Waals surface area contributed by atoms with E-state index in [0.717, 1.165) is 16.9 Å². The number of nitrogens with one attached hydrogen (secondary N) is 1. The predicted octanol–water partition coefficient (Wildman–Crippen LogP) is 3.12. The lowest BCUT2D eigenvalue weighted by atomic mass is 9.88. The van der Waals surface area contributed by atoms with Gasteiger partial charge in [0.15, 0.2) is 0 Å². The van der Waals surface area contributed by atoms with Gasteiger partial charge in [0.2, 0.25) is 11.8 Å². The Bertz CT molecular complexity index is 887. The normalized spacial score (nSPS) is 18.5. The van der Waals surface area contributed by atoms with E-state index in [-0.39, 0.29) is 36.2 Å². The topological polar surface area (TPSA) is 67.9 Å². The van der Waals surface area contributed by atoms with Gasteiger partial charge in [-0.1, -0.05) is 30.3 Å². The molecule has 31 heavy (non-hydrogen) atoms. The van der Waals surface area contributed by atoms with Gasteiger partial charge in [-0.15, -0.1) is 0 Å². The maximum Gasteiger partial charge on any atom is 0.249 e. The summed E-state index contributed by atoms with van der Waals surface area (Å²) in [4.78, 5) is 27.1. The summed E-state index contributed by atoms with van der Waals surface area (Å²) in [5.74, 6) is -0.0595. The molecule has 3 rings (SSSR count). The summed E-state index contributed by atoms with van der Waals surface area (Å²) in [5.41, 5.74) is 1.89. The molecular formula is C24H29FN2O4. The first-order valence-corrected chi connectivity index (χ1v) is 10.5. The first-order valence-electron chi connectivity index (χ1n) is 10.5. The first kappa shape index (κ1) is 22.7. The molecule has 2 atom stereocenters. The Balaban J connectivity index is 1.62. The molecule has 0 spiro atoms. The molecule has 0 aliphatic carbocycles. The van der Waals surface area contributed by atoms with Crippen molar-refractivity contribution in [2.24, 2.45) is 5.92 Å². The maximum atomic E-state index is 13.3. The molecule has 2 aromatic carbocycles. The van der Waals surface area contributed by atoms with Crippen LogP contribution in [0.4, 0.5) is 4.39 Å². The van der Waals surface area contributed by atoms with Crippen LogP contribution >= 0.6 is 0 Å². The molecule has 0 aromatic heterocycles. The average molecular weight is 429 g/mol. The van der Waals surface area contributed by atoms with Crippen molar-refractivity contribution in [2.45, 2.75) is 25.3 Å². The zero-order valence-corrected chi connectivity index (χ0v) is 18.0. The van der Waals surface area contributed by atoms with E-state index in [4.69, 9.17) is 9.47 Å². The number of carbonyl (C=O) groups excluding carboxylic acids is 2. The monoisotopic (exact) mass is 428 g/mol. The van der Waals surface area contributed by atoms with E-state index in [2.05, 4.69) is 5.32 Å².